The van der Waals surface area contributed by atoms with Crippen molar-refractivity contribution in [1.29, 1.82) is 5.26 Å². The van der Waals surface area contributed by atoms with Gasteiger partial charge in [0.25, 0.3) is 5.91 Å². The van der Waals surface area contributed by atoms with Crippen LogP contribution in [0.15, 0.2) is 24.3 Å². The lowest BCUT2D eigenvalue weighted by atomic mass is 9.91. The van der Waals surface area contributed by atoms with Gasteiger partial charge in [0, 0.05) is 23.2 Å². The van der Waals surface area contributed by atoms with Gasteiger partial charge in [-0.25, -0.2) is 4.39 Å². The molecule has 2 aromatic carbocycles. The third-order valence-corrected chi connectivity index (χ3v) is 4.72. The van der Waals surface area contributed by atoms with Crippen LogP contribution in [0.3, 0.4) is 0 Å². The summed E-state index contributed by atoms with van der Waals surface area (Å²) in [6, 6.07) is 7.02. The van der Waals surface area contributed by atoms with Gasteiger partial charge in [0.15, 0.2) is 5.72 Å². The normalized spacial score (nSPS) is 18.7. The highest BCUT2D eigenvalue weighted by Crippen LogP contribution is 2.43. The molecule has 0 spiro atoms. The molecule has 1 aromatic heterocycles. The number of nitriles is 1. The molecule has 0 radical (unpaired) electrons. The van der Waals surface area contributed by atoms with Gasteiger partial charge in [-0.1, -0.05) is 11.6 Å². The molecule has 0 fully saturated rings. The second kappa shape index (κ2) is 5.17. The number of nitrogens with two attached hydrogens (primary N) is 1. The van der Waals surface area contributed by atoms with Crippen molar-refractivity contribution in [2.24, 2.45) is 7.05 Å². The minimum absolute atomic E-state index is 0.0256. The highest BCUT2D eigenvalue weighted by molar-refractivity contribution is 6.30. The first-order valence-electron chi connectivity index (χ1n) is 7.48. The van der Waals surface area contributed by atoms with Crippen LogP contribution in [0.4, 0.5) is 10.1 Å². The molecule has 1 aliphatic rings. The van der Waals surface area contributed by atoms with Gasteiger partial charge in [0.1, 0.15) is 17.6 Å². The zero-order valence-electron chi connectivity index (χ0n) is 13.3. The van der Waals surface area contributed by atoms with Gasteiger partial charge in [-0.05, 0) is 24.3 Å². The Labute approximate surface area is 151 Å². The summed E-state index contributed by atoms with van der Waals surface area (Å²) in [5, 5.41) is 27.5. The van der Waals surface area contributed by atoms with E-state index in [0.717, 1.165) is 6.07 Å². The second-order valence-electron chi connectivity index (χ2n) is 5.98. The Bertz CT molecular complexity index is 1170. The maximum absolute atomic E-state index is 14.4. The van der Waals surface area contributed by atoms with Crippen molar-refractivity contribution in [3.63, 3.8) is 0 Å². The van der Waals surface area contributed by atoms with Gasteiger partial charge in [-0.2, -0.15) is 10.4 Å². The summed E-state index contributed by atoms with van der Waals surface area (Å²) in [6.07, 6.45) is 0. The third kappa shape index (κ3) is 1.95. The molecule has 2 heterocycles. The molecule has 0 saturated carbocycles. The zero-order chi connectivity index (χ0) is 18.8. The number of aryl methyl sites for hydroxylation is 1. The summed E-state index contributed by atoms with van der Waals surface area (Å²) in [4.78, 5) is 12.4. The van der Waals surface area contributed by atoms with Gasteiger partial charge in [-0.3, -0.25) is 9.48 Å². The molecule has 1 amide bonds. The van der Waals surface area contributed by atoms with Crippen molar-refractivity contribution in [2.45, 2.75) is 5.72 Å². The fourth-order valence-electron chi connectivity index (χ4n) is 3.36. The third-order valence-electron chi connectivity index (χ3n) is 4.49. The van der Waals surface area contributed by atoms with E-state index in [4.69, 9.17) is 17.3 Å². The number of aliphatic hydroxyl groups is 1. The zero-order valence-corrected chi connectivity index (χ0v) is 14.1. The topological polar surface area (TPSA) is 117 Å². The van der Waals surface area contributed by atoms with Crippen molar-refractivity contribution in [3.05, 3.63) is 57.5 Å². The van der Waals surface area contributed by atoms with Crippen LogP contribution >= 0.6 is 11.6 Å². The number of fused-ring (bicyclic) bond motifs is 2. The average molecular weight is 372 g/mol. The lowest BCUT2D eigenvalue weighted by molar-refractivity contribution is 0.0456. The quantitative estimate of drug-likeness (QED) is 0.563. The summed E-state index contributed by atoms with van der Waals surface area (Å²) in [5.41, 5.74) is 4.23. The first kappa shape index (κ1) is 16.3. The molecule has 0 saturated heterocycles. The fourth-order valence-corrected chi connectivity index (χ4v) is 3.53. The van der Waals surface area contributed by atoms with Crippen molar-refractivity contribution in [3.8, 4) is 6.07 Å². The lowest BCUT2D eigenvalue weighted by Gasteiger charge is -2.26. The molecule has 130 valence electrons. The monoisotopic (exact) mass is 371 g/mol. The number of hydrogen-bond donors (Lipinski definition) is 3. The molecule has 4 rings (SSSR count). The Hall–Kier alpha value is -3.15. The number of benzene rings is 2. The summed E-state index contributed by atoms with van der Waals surface area (Å²) in [5.74, 6) is -1.41. The van der Waals surface area contributed by atoms with Gasteiger partial charge < -0.3 is 16.2 Å². The summed E-state index contributed by atoms with van der Waals surface area (Å²) >= 11 is 5.93. The van der Waals surface area contributed by atoms with Crippen LogP contribution in [0.1, 0.15) is 27.2 Å². The standard InChI is InChI=1S/C17H11ClFN5O2/c1-24-12(6-20)13-11(23-24)5-8-14(15(13)21)17(26,22-16(8)25)9-4-7(18)2-3-10(9)19/h2-5,26H,21H2,1H3,(H,22,25). The van der Waals surface area contributed by atoms with Crippen molar-refractivity contribution >= 4 is 34.1 Å². The number of carbonyl (C=O) groups is 1. The maximum Gasteiger partial charge on any atom is 0.254 e. The van der Waals surface area contributed by atoms with Crippen molar-refractivity contribution in [2.75, 3.05) is 5.73 Å². The summed E-state index contributed by atoms with van der Waals surface area (Å²) < 4.78 is 15.7. The van der Waals surface area contributed by atoms with E-state index in [9.17, 15) is 19.6 Å². The number of amides is 1. The van der Waals surface area contributed by atoms with E-state index in [1.165, 1.54) is 22.9 Å². The molecule has 1 atom stereocenters. The molecular formula is C17H11ClFN5O2. The Kier molecular flexibility index (Phi) is 3.25. The number of nitrogens with one attached hydrogen (secondary N) is 1. The van der Waals surface area contributed by atoms with Crippen molar-refractivity contribution < 1.29 is 14.3 Å². The Balaban J connectivity index is 2.12. The molecule has 1 unspecified atom stereocenters. The van der Waals surface area contributed by atoms with Gasteiger partial charge in [0.05, 0.1) is 22.2 Å². The van der Waals surface area contributed by atoms with Crippen LogP contribution < -0.4 is 11.1 Å². The molecular weight excluding hydrogens is 361 g/mol. The number of halogens is 2. The Morgan fingerprint density at radius 3 is 2.88 bits per heavy atom. The summed E-state index contributed by atoms with van der Waals surface area (Å²) in [7, 11) is 1.56. The number of carbonyl (C=O) groups excluding carboxylic acids is 1. The number of aromatic nitrogens is 2. The largest absolute Gasteiger partial charge is 0.398 e. The van der Waals surface area contributed by atoms with Crippen LogP contribution in [0.5, 0.6) is 0 Å². The minimum atomic E-state index is -2.22. The average Bonchev–Trinajstić information content (AvgIpc) is 3.04. The van der Waals surface area contributed by atoms with Crippen LogP contribution in [-0.4, -0.2) is 20.8 Å². The number of anilines is 1. The first-order valence-corrected chi connectivity index (χ1v) is 7.86. The number of nitrogen functional groups attached to an aromatic ring is 1. The van der Waals surface area contributed by atoms with E-state index in [-0.39, 0.29) is 38.5 Å². The van der Waals surface area contributed by atoms with Crippen molar-refractivity contribution in [1.82, 2.24) is 15.1 Å². The molecule has 26 heavy (non-hydrogen) atoms. The highest BCUT2D eigenvalue weighted by atomic mass is 35.5. The number of rotatable bonds is 1. The Morgan fingerprint density at radius 2 is 2.19 bits per heavy atom. The van der Waals surface area contributed by atoms with E-state index in [1.807, 2.05) is 6.07 Å². The van der Waals surface area contributed by atoms with Crippen LogP contribution in [-0.2, 0) is 12.8 Å². The van der Waals surface area contributed by atoms with Gasteiger partial charge in [0.2, 0.25) is 0 Å². The summed E-state index contributed by atoms with van der Waals surface area (Å²) in [6.45, 7) is 0. The molecule has 1 aliphatic heterocycles. The Morgan fingerprint density at radius 1 is 1.46 bits per heavy atom. The SMILES string of the molecule is Cn1nc2cc3c(c(N)c2c1C#N)C(O)(c1cc(Cl)ccc1F)NC3=O. The number of hydrogen-bond acceptors (Lipinski definition) is 5. The van der Waals surface area contributed by atoms with Crippen LogP contribution in [0, 0.1) is 17.1 Å². The van der Waals surface area contributed by atoms with Crippen LogP contribution in [0.2, 0.25) is 5.02 Å². The molecule has 4 N–H and O–H groups in total. The predicted molar refractivity (Wildman–Crippen MR) is 91.7 cm³/mol. The van der Waals surface area contributed by atoms with E-state index in [2.05, 4.69) is 10.4 Å². The van der Waals surface area contributed by atoms with Gasteiger partial charge in [-0.15, -0.1) is 0 Å². The molecule has 9 heteroatoms. The molecule has 3 aromatic rings. The second-order valence-corrected chi connectivity index (χ2v) is 6.42. The van der Waals surface area contributed by atoms with Gasteiger partial charge >= 0.3 is 0 Å². The maximum atomic E-state index is 14.4. The van der Waals surface area contributed by atoms with E-state index in [1.54, 1.807) is 7.05 Å². The van der Waals surface area contributed by atoms with E-state index in [0.29, 0.717) is 5.52 Å². The lowest BCUT2D eigenvalue weighted by Crippen LogP contribution is -2.41. The molecule has 0 bridgehead atoms. The highest BCUT2D eigenvalue weighted by Gasteiger charge is 2.47. The molecule has 0 aliphatic carbocycles. The first-order chi connectivity index (χ1) is 12.3. The minimum Gasteiger partial charge on any atom is -0.398 e. The van der Waals surface area contributed by atoms with E-state index < -0.39 is 17.4 Å². The predicted octanol–water partition coefficient (Wildman–Crippen LogP) is 1.76. The number of nitrogens with zero attached hydrogens (tertiary/aromatic N) is 3. The molecule has 7 nitrogen and oxygen atoms in total. The van der Waals surface area contributed by atoms with Crippen LogP contribution in [0.25, 0.3) is 10.9 Å². The smallest absolute Gasteiger partial charge is 0.254 e. The fraction of sp³-hybridized carbons (Fsp3) is 0.118. The van der Waals surface area contributed by atoms with E-state index >= 15 is 0 Å².